The van der Waals surface area contributed by atoms with Gasteiger partial charge in [-0.05, 0) is 61.1 Å². The summed E-state index contributed by atoms with van der Waals surface area (Å²) in [5.41, 5.74) is 6.10. The molecular weight excluding hydrogens is 392 g/mol. The number of nitrogens with one attached hydrogen (secondary N) is 2. The zero-order valence-corrected chi connectivity index (χ0v) is 17.3. The Hall–Kier alpha value is -2.87. The summed E-state index contributed by atoms with van der Waals surface area (Å²) in [6.07, 6.45) is 4.27. The molecule has 3 rings (SSSR count). The Bertz CT molecular complexity index is 891. The maximum atomic E-state index is 12.2. The predicted octanol–water partition coefficient (Wildman–Crippen LogP) is 2.89. The number of hydrogen-bond acceptors (Lipinski definition) is 6. The molecule has 0 saturated heterocycles. The van der Waals surface area contributed by atoms with E-state index < -0.39 is 24.4 Å². The number of hydrogen-bond donors (Lipinski definition) is 2. The van der Waals surface area contributed by atoms with Crippen molar-refractivity contribution in [2.24, 2.45) is 5.92 Å². The van der Waals surface area contributed by atoms with Gasteiger partial charge in [0.15, 0.2) is 6.61 Å². The van der Waals surface area contributed by atoms with E-state index in [-0.39, 0.29) is 0 Å². The summed E-state index contributed by atoms with van der Waals surface area (Å²) in [6.45, 7) is 1.71. The molecule has 1 heterocycles. The lowest BCUT2D eigenvalue weighted by atomic mass is 9.87. The highest BCUT2D eigenvalue weighted by atomic mass is 32.1. The zero-order chi connectivity index (χ0) is 20.8. The Morgan fingerprint density at radius 1 is 1.17 bits per heavy atom. The van der Waals surface area contributed by atoms with Crippen LogP contribution >= 0.6 is 11.3 Å². The molecule has 1 aliphatic rings. The van der Waals surface area contributed by atoms with Crippen molar-refractivity contribution < 1.29 is 23.9 Å². The van der Waals surface area contributed by atoms with E-state index in [9.17, 15) is 14.4 Å². The van der Waals surface area contributed by atoms with Gasteiger partial charge < -0.3 is 9.47 Å². The second-order valence-electron chi connectivity index (χ2n) is 6.88. The third-order valence-corrected chi connectivity index (χ3v) is 6.18. The Morgan fingerprint density at radius 2 is 1.93 bits per heavy atom. The van der Waals surface area contributed by atoms with Crippen LogP contribution < -0.4 is 15.6 Å². The third kappa shape index (κ3) is 5.35. The molecule has 2 aromatic rings. The van der Waals surface area contributed by atoms with Crippen molar-refractivity contribution >= 4 is 29.1 Å². The standard InChI is InChI=1S/C21H24N2O5S/c1-3-13-4-9-17-15(10-13)11-18(29-17)21(26)28-12-19(24)22-23-20(25)14-5-7-16(27-2)8-6-14/h5-8,11,13H,3-4,9-10,12H2,1-2H3,(H,22,24)(H,23,25)/t13-/m0/s1. The van der Waals surface area contributed by atoms with Crippen LogP contribution in [-0.2, 0) is 22.4 Å². The molecule has 0 unspecified atom stereocenters. The van der Waals surface area contributed by atoms with Gasteiger partial charge in [-0.15, -0.1) is 11.3 Å². The molecule has 1 atom stereocenters. The van der Waals surface area contributed by atoms with E-state index in [0.717, 1.165) is 25.7 Å². The summed E-state index contributed by atoms with van der Waals surface area (Å²) in [5, 5.41) is 0. The fourth-order valence-corrected chi connectivity index (χ4v) is 4.33. The molecule has 8 heteroatoms. The van der Waals surface area contributed by atoms with Crippen LogP contribution in [0.4, 0.5) is 0 Å². The molecule has 29 heavy (non-hydrogen) atoms. The average Bonchev–Trinajstić information content (AvgIpc) is 3.19. The number of esters is 1. The van der Waals surface area contributed by atoms with E-state index in [4.69, 9.17) is 9.47 Å². The van der Waals surface area contributed by atoms with Gasteiger partial charge >= 0.3 is 5.97 Å². The Morgan fingerprint density at radius 3 is 2.62 bits per heavy atom. The van der Waals surface area contributed by atoms with Gasteiger partial charge in [-0.1, -0.05) is 13.3 Å². The van der Waals surface area contributed by atoms with Crippen LogP contribution in [0, 0.1) is 5.92 Å². The van der Waals surface area contributed by atoms with E-state index in [0.29, 0.717) is 22.1 Å². The number of hydrazine groups is 1. The van der Waals surface area contributed by atoms with Crippen molar-refractivity contribution in [1.29, 1.82) is 0 Å². The molecule has 2 N–H and O–H groups in total. The molecule has 1 aliphatic carbocycles. The summed E-state index contributed by atoms with van der Waals surface area (Å²) in [5.74, 6) is -0.329. The average molecular weight is 416 g/mol. The number of methoxy groups -OCH3 is 1. The monoisotopic (exact) mass is 416 g/mol. The second kappa shape index (κ2) is 9.56. The first-order chi connectivity index (χ1) is 14.0. The molecule has 7 nitrogen and oxygen atoms in total. The lowest BCUT2D eigenvalue weighted by molar-refractivity contribution is -0.125. The lowest BCUT2D eigenvalue weighted by Crippen LogP contribution is -2.43. The summed E-state index contributed by atoms with van der Waals surface area (Å²) >= 11 is 1.44. The largest absolute Gasteiger partial charge is 0.497 e. The van der Waals surface area contributed by atoms with Gasteiger partial charge in [0.25, 0.3) is 11.8 Å². The number of thiophene rings is 1. The minimum atomic E-state index is -0.618. The van der Waals surface area contributed by atoms with E-state index >= 15 is 0 Å². The molecule has 0 bridgehead atoms. The summed E-state index contributed by atoms with van der Waals surface area (Å²) in [6, 6.07) is 8.31. The zero-order valence-electron chi connectivity index (χ0n) is 16.4. The van der Waals surface area contributed by atoms with Gasteiger partial charge in [0.1, 0.15) is 10.6 Å². The van der Waals surface area contributed by atoms with Crippen LogP contribution in [0.2, 0.25) is 0 Å². The lowest BCUT2D eigenvalue weighted by Gasteiger charge is -2.19. The van der Waals surface area contributed by atoms with Crippen molar-refractivity contribution in [2.45, 2.75) is 32.6 Å². The van der Waals surface area contributed by atoms with Gasteiger partial charge in [-0.3, -0.25) is 20.4 Å². The van der Waals surface area contributed by atoms with Crippen LogP contribution in [0.25, 0.3) is 0 Å². The topological polar surface area (TPSA) is 93.7 Å². The van der Waals surface area contributed by atoms with Crippen LogP contribution in [0.15, 0.2) is 30.3 Å². The number of benzene rings is 1. The predicted molar refractivity (Wildman–Crippen MR) is 109 cm³/mol. The first kappa shape index (κ1) is 20.9. The van der Waals surface area contributed by atoms with Crippen molar-refractivity contribution in [3.8, 4) is 5.75 Å². The molecule has 154 valence electrons. The fourth-order valence-electron chi connectivity index (χ4n) is 3.23. The number of amides is 2. The smallest absolute Gasteiger partial charge is 0.348 e. The number of carbonyl (C=O) groups is 3. The minimum Gasteiger partial charge on any atom is -0.497 e. The molecule has 0 radical (unpaired) electrons. The molecule has 2 amide bonds. The van der Waals surface area contributed by atoms with Crippen LogP contribution in [-0.4, -0.2) is 31.5 Å². The van der Waals surface area contributed by atoms with Crippen molar-refractivity contribution in [1.82, 2.24) is 10.9 Å². The number of carbonyl (C=O) groups excluding carboxylic acids is 3. The van der Waals surface area contributed by atoms with Crippen LogP contribution in [0.5, 0.6) is 5.75 Å². The Balaban J connectivity index is 1.45. The van der Waals surface area contributed by atoms with Gasteiger partial charge in [-0.25, -0.2) is 4.79 Å². The molecule has 1 aromatic heterocycles. The fraction of sp³-hybridized carbons (Fsp3) is 0.381. The summed E-state index contributed by atoms with van der Waals surface area (Å²) < 4.78 is 10.1. The SMILES string of the molecule is CC[C@H]1CCc2sc(C(=O)OCC(=O)NNC(=O)c3ccc(OC)cc3)cc2C1. The molecule has 0 spiro atoms. The van der Waals surface area contributed by atoms with Gasteiger partial charge in [0.05, 0.1) is 7.11 Å². The number of ether oxygens (including phenoxy) is 2. The minimum absolute atomic E-state index is 0.359. The first-order valence-corrected chi connectivity index (χ1v) is 10.3. The quantitative estimate of drug-likeness (QED) is 0.558. The molecule has 1 aromatic carbocycles. The molecular formula is C21H24N2O5S. The third-order valence-electron chi connectivity index (χ3n) is 4.97. The highest BCUT2D eigenvalue weighted by Crippen LogP contribution is 2.33. The second-order valence-corrected chi connectivity index (χ2v) is 8.02. The number of fused-ring (bicyclic) bond motifs is 1. The van der Waals surface area contributed by atoms with E-state index in [1.807, 2.05) is 6.07 Å². The number of aryl methyl sites for hydroxylation is 1. The Labute approximate surface area is 173 Å². The molecule has 0 saturated carbocycles. The van der Waals surface area contributed by atoms with Gasteiger partial charge in [0, 0.05) is 10.4 Å². The first-order valence-electron chi connectivity index (χ1n) is 9.52. The van der Waals surface area contributed by atoms with E-state index in [1.54, 1.807) is 24.3 Å². The van der Waals surface area contributed by atoms with Crippen LogP contribution in [0.1, 0.15) is 50.2 Å². The van der Waals surface area contributed by atoms with E-state index in [1.165, 1.54) is 28.9 Å². The number of rotatable bonds is 6. The van der Waals surface area contributed by atoms with Crippen molar-refractivity contribution in [3.63, 3.8) is 0 Å². The summed E-state index contributed by atoms with van der Waals surface area (Å²) in [4.78, 5) is 37.9. The maximum Gasteiger partial charge on any atom is 0.348 e. The van der Waals surface area contributed by atoms with E-state index in [2.05, 4.69) is 17.8 Å². The normalized spacial score (nSPS) is 15.2. The maximum absolute atomic E-state index is 12.2. The van der Waals surface area contributed by atoms with Gasteiger partial charge in [-0.2, -0.15) is 0 Å². The summed E-state index contributed by atoms with van der Waals surface area (Å²) in [7, 11) is 1.53. The highest BCUT2D eigenvalue weighted by molar-refractivity contribution is 7.14. The Kier molecular flexibility index (Phi) is 6.87. The molecule has 0 aliphatic heterocycles. The van der Waals surface area contributed by atoms with Crippen molar-refractivity contribution in [2.75, 3.05) is 13.7 Å². The highest BCUT2D eigenvalue weighted by Gasteiger charge is 2.23. The van der Waals surface area contributed by atoms with Crippen LogP contribution in [0.3, 0.4) is 0 Å². The van der Waals surface area contributed by atoms with Gasteiger partial charge in [0.2, 0.25) is 0 Å². The van der Waals surface area contributed by atoms with Crippen molar-refractivity contribution in [3.05, 3.63) is 51.2 Å². The molecule has 0 fully saturated rings.